The maximum atomic E-state index is 5.40. The lowest BCUT2D eigenvalue weighted by Crippen LogP contribution is -1.98. The first kappa shape index (κ1) is 8.27. The Hall–Kier alpha value is -1.05. The maximum Gasteiger partial charge on any atom is 0.213 e. The van der Waals surface area contributed by atoms with E-state index in [2.05, 4.69) is 18.0 Å². The summed E-state index contributed by atoms with van der Waals surface area (Å²) >= 11 is 0. The van der Waals surface area contributed by atoms with Crippen LogP contribution in [0.3, 0.4) is 0 Å². The van der Waals surface area contributed by atoms with Gasteiger partial charge < -0.3 is 4.74 Å². The number of nitrogens with zero attached hydrogens (tertiary/aromatic N) is 1. The molecule has 0 bridgehead atoms. The first-order chi connectivity index (χ1) is 6.81. The lowest BCUT2D eigenvalue weighted by atomic mass is 10.1. The number of pyridine rings is 1. The van der Waals surface area contributed by atoms with Crippen LogP contribution in [0.2, 0.25) is 0 Å². The third-order valence-corrected chi connectivity index (χ3v) is 3.67. The number of hydrogen-bond donors (Lipinski definition) is 0. The van der Waals surface area contributed by atoms with E-state index < -0.39 is 0 Å². The highest BCUT2D eigenvalue weighted by atomic mass is 16.5. The zero-order chi connectivity index (χ0) is 9.71. The molecule has 2 aliphatic rings. The highest BCUT2D eigenvalue weighted by Gasteiger charge is 2.52. The highest BCUT2D eigenvalue weighted by molar-refractivity contribution is 5.43. The fourth-order valence-corrected chi connectivity index (χ4v) is 2.82. The topological polar surface area (TPSA) is 22.1 Å². The van der Waals surface area contributed by atoms with Gasteiger partial charge in [-0.3, -0.25) is 0 Å². The van der Waals surface area contributed by atoms with Crippen LogP contribution in [0.1, 0.15) is 30.9 Å². The lowest BCUT2D eigenvalue weighted by molar-refractivity contribution is 0.326. The van der Waals surface area contributed by atoms with Crippen LogP contribution in [0.4, 0.5) is 0 Å². The Morgan fingerprint density at radius 1 is 1.57 bits per heavy atom. The molecule has 2 heteroatoms. The van der Waals surface area contributed by atoms with Crippen molar-refractivity contribution >= 4 is 0 Å². The van der Waals surface area contributed by atoms with Gasteiger partial charge in [0, 0.05) is 12.3 Å². The van der Waals surface area contributed by atoms with Crippen molar-refractivity contribution in [3.63, 3.8) is 0 Å². The zero-order valence-corrected chi connectivity index (χ0v) is 8.66. The number of hydrogen-bond acceptors (Lipinski definition) is 2. The molecule has 1 aromatic rings. The monoisotopic (exact) mass is 189 g/mol. The maximum absolute atomic E-state index is 5.40. The van der Waals surface area contributed by atoms with Gasteiger partial charge in [-0.1, -0.05) is 6.92 Å². The van der Waals surface area contributed by atoms with Gasteiger partial charge in [-0.05, 0) is 42.2 Å². The molecule has 0 spiro atoms. The van der Waals surface area contributed by atoms with E-state index >= 15 is 0 Å². The predicted molar refractivity (Wildman–Crippen MR) is 54.5 cm³/mol. The summed E-state index contributed by atoms with van der Waals surface area (Å²) in [5, 5.41) is 0. The summed E-state index contributed by atoms with van der Waals surface area (Å²) in [6.45, 7) is 5.04. The van der Waals surface area contributed by atoms with Gasteiger partial charge in [0.15, 0.2) is 0 Å². The zero-order valence-electron chi connectivity index (χ0n) is 8.66. The van der Waals surface area contributed by atoms with E-state index in [0.29, 0.717) is 6.61 Å². The Labute approximate surface area is 84.3 Å². The first-order valence-corrected chi connectivity index (χ1v) is 5.43. The largest absolute Gasteiger partial charge is 0.478 e. The minimum absolute atomic E-state index is 0.703. The van der Waals surface area contributed by atoms with Crippen LogP contribution in [0.25, 0.3) is 0 Å². The van der Waals surface area contributed by atoms with Crippen LogP contribution >= 0.6 is 0 Å². The molecule has 0 N–H and O–H groups in total. The molecular weight excluding hydrogens is 174 g/mol. The average molecular weight is 189 g/mol. The summed E-state index contributed by atoms with van der Waals surface area (Å²) in [6, 6.07) is 2.12. The Morgan fingerprint density at radius 2 is 2.43 bits per heavy atom. The molecule has 0 saturated heterocycles. The van der Waals surface area contributed by atoms with Crippen LogP contribution in [-0.2, 0) is 6.42 Å². The summed E-state index contributed by atoms with van der Waals surface area (Å²) in [4.78, 5) is 4.33. The van der Waals surface area contributed by atoms with Crippen molar-refractivity contribution in [1.29, 1.82) is 0 Å². The third kappa shape index (κ3) is 0.999. The molecule has 1 heterocycles. The molecule has 1 saturated carbocycles. The number of aromatic nitrogens is 1. The molecule has 2 nitrogen and oxygen atoms in total. The molecule has 3 rings (SSSR count). The quantitative estimate of drug-likeness (QED) is 0.712. The minimum atomic E-state index is 0.703. The van der Waals surface area contributed by atoms with Gasteiger partial charge in [0.25, 0.3) is 0 Å². The van der Waals surface area contributed by atoms with Gasteiger partial charge in [-0.2, -0.15) is 0 Å². The average Bonchev–Trinajstić information content (AvgIpc) is 2.67. The summed E-state index contributed by atoms with van der Waals surface area (Å²) in [5.74, 6) is 3.40. The molecule has 3 atom stereocenters. The first-order valence-electron chi connectivity index (χ1n) is 5.43. The second kappa shape index (κ2) is 2.72. The van der Waals surface area contributed by atoms with Gasteiger partial charge in [0.1, 0.15) is 0 Å². The molecule has 1 fully saturated rings. The molecule has 74 valence electrons. The summed E-state index contributed by atoms with van der Waals surface area (Å²) in [6.07, 6.45) is 3.26. The van der Waals surface area contributed by atoms with Crippen LogP contribution in [0.5, 0.6) is 5.88 Å². The van der Waals surface area contributed by atoms with Crippen LogP contribution in [0, 0.1) is 11.8 Å². The SMILES string of the molecule is CCOc1cc2c(cn1)[C@@H]1[C@@H](C)[C@@H]1C2. The fourth-order valence-electron chi connectivity index (χ4n) is 2.82. The van der Waals surface area contributed by atoms with Gasteiger partial charge in [0.2, 0.25) is 5.88 Å². The van der Waals surface area contributed by atoms with Crippen molar-refractivity contribution in [2.75, 3.05) is 6.61 Å². The van der Waals surface area contributed by atoms with E-state index in [1.807, 2.05) is 13.1 Å². The Morgan fingerprint density at radius 3 is 3.21 bits per heavy atom. The Bertz CT molecular complexity index is 375. The molecule has 0 amide bonds. The van der Waals surface area contributed by atoms with Gasteiger partial charge >= 0.3 is 0 Å². The van der Waals surface area contributed by atoms with Gasteiger partial charge in [0.05, 0.1) is 6.61 Å². The second-order valence-corrected chi connectivity index (χ2v) is 4.41. The summed E-state index contributed by atoms with van der Waals surface area (Å²) < 4.78 is 5.40. The minimum Gasteiger partial charge on any atom is -0.478 e. The summed E-state index contributed by atoms with van der Waals surface area (Å²) in [5.41, 5.74) is 2.95. The molecule has 0 aromatic carbocycles. The van der Waals surface area contributed by atoms with Crippen LogP contribution in [-0.4, -0.2) is 11.6 Å². The molecule has 0 radical (unpaired) electrons. The van der Waals surface area contributed by atoms with Crippen molar-refractivity contribution in [3.05, 3.63) is 23.4 Å². The van der Waals surface area contributed by atoms with E-state index in [0.717, 1.165) is 23.6 Å². The van der Waals surface area contributed by atoms with Crippen LogP contribution < -0.4 is 4.74 Å². The van der Waals surface area contributed by atoms with Crippen molar-refractivity contribution in [1.82, 2.24) is 4.98 Å². The lowest BCUT2D eigenvalue weighted by Gasteiger charge is -2.07. The Kier molecular flexibility index (Phi) is 1.61. The Balaban J connectivity index is 1.92. The van der Waals surface area contributed by atoms with E-state index in [1.165, 1.54) is 17.5 Å². The van der Waals surface area contributed by atoms with E-state index in [-0.39, 0.29) is 0 Å². The molecular formula is C12H15NO. The van der Waals surface area contributed by atoms with Crippen molar-refractivity contribution in [2.45, 2.75) is 26.2 Å². The van der Waals surface area contributed by atoms with Gasteiger partial charge in [-0.15, -0.1) is 0 Å². The van der Waals surface area contributed by atoms with Gasteiger partial charge in [-0.25, -0.2) is 4.98 Å². The van der Waals surface area contributed by atoms with Crippen molar-refractivity contribution in [3.8, 4) is 5.88 Å². The van der Waals surface area contributed by atoms with Crippen molar-refractivity contribution < 1.29 is 4.74 Å². The van der Waals surface area contributed by atoms with E-state index in [9.17, 15) is 0 Å². The highest BCUT2D eigenvalue weighted by Crippen LogP contribution is 2.61. The van der Waals surface area contributed by atoms with E-state index in [1.54, 1.807) is 0 Å². The fraction of sp³-hybridized carbons (Fsp3) is 0.583. The number of rotatable bonds is 2. The van der Waals surface area contributed by atoms with E-state index in [4.69, 9.17) is 4.74 Å². The van der Waals surface area contributed by atoms with Crippen LogP contribution in [0.15, 0.2) is 12.3 Å². The number of fused-ring (bicyclic) bond motifs is 3. The third-order valence-electron chi connectivity index (χ3n) is 3.67. The predicted octanol–water partition coefficient (Wildman–Crippen LogP) is 2.39. The molecule has 1 aromatic heterocycles. The standard InChI is InChI=1S/C12H15NO/c1-3-14-11-5-8-4-9-7(2)12(9)10(8)6-13-11/h5-7,9,12H,3-4H2,1-2H3/t7-,9-,12+/m0/s1. The molecule has 0 unspecified atom stereocenters. The molecule has 2 aliphatic carbocycles. The van der Waals surface area contributed by atoms with Crippen molar-refractivity contribution in [2.24, 2.45) is 11.8 Å². The second-order valence-electron chi connectivity index (χ2n) is 4.41. The molecule has 14 heavy (non-hydrogen) atoms. The smallest absolute Gasteiger partial charge is 0.213 e. The number of ether oxygens (including phenoxy) is 1. The normalized spacial score (nSPS) is 32.3. The summed E-state index contributed by atoms with van der Waals surface area (Å²) in [7, 11) is 0. The molecule has 0 aliphatic heterocycles.